The Morgan fingerprint density at radius 3 is 2.54 bits per heavy atom. The fourth-order valence-corrected chi connectivity index (χ4v) is 3.38. The third-order valence-corrected chi connectivity index (χ3v) is 4.65. The minimum Gasteiger partial charge on any atom is -0.475 e. The standard InChI is InChI=1S/C19H22FNO3/c20-17-9-5-4-6-14(17)12-21(15-7-2-1-3-8-15)13-16-10-11-18(24-16)19(22)23/h4-6,9-11,15H,1-3,7-8,12-13H2,(H,22,23). The van der Waals surface area contributed by atoms with Gasteiger partial charge >= 0.3 is 5.97 Å². The minimum atomic E-state index is -1.07. The van der Waals surface area contributed by atoms with Crippen molar-refractivity contribution in [1.29, 1.82) is 0 Å². The van der Waals surface area contributed by atoms with Gasteiger partial charge in [0.15, 0.2) is 0 Å². The highest BCUT2D eigenvalue weighted by molar-refractivity contribution is 5.84. The van der Waals surface area contributed by atoms with Crippen molar-refractivity contribution in [3.05, 3.63) is 59.3 Å². The van der Waals surface area contributed by atoms with Gasteiger partial charge in [-0.3, -0.25) is 4.90 Å². The molecular weight excluding hydrogens is 309 g/mol. The zero-order valence-corrected chi connectivity index (χ0v) is 13.6. The summed E-state index contributed by atoms with van der Waals surface area (Å²) in [6, 6.07) is 10.3. The zero-order valence-electron chi connectivity index (χ0n) is 13.6. The van der Waals surface area contributed by atoms with Gasteiger partial charge in [0.2, 0.25) is 5.76 Å². The predicted octanol–water partition coefficient (Wildman–Crippen LogP) is 4.45. The topological polar surface area (TPSA) is 53.7 Å². The lowest BCUT2D eigenvalue weighted by Gasteiger charge is -2.34. The summed E-state index contributed by atoms with van der Waals surface area (Å²) in [7, 11) is 0. The van der Waals surface area contributed by atoms with E-state index in [0.717, 1.165) is 12.8 Å². The minimum absolute atomic E-state index is 0.0560. The number of carboxylic acids is 1. The van der Waals surface area contributed by atoms with Gasteiger partial charge in [-0.15, -0.1) is 0 Å². The van der Waals surface area contributed by atoms with E-state index in [1.165, 1.54) is 31.4 Å². The fraction of sp³-hybridized carbons (Fsp3) is 0.421. The molecule has 1 aromatic carbocycles. The molecule has 1 N–H and O–H groups in total. The predicted molar refractivity (Wildman–Crippen MR) is 88.2 cm³/mol. The summed E-state index contributed by atoms with van der Waals surface area (Å²) in [5.41, 5.74) is 0.660. The number of carboxylic acid groups (broad SMARTS) is 1. The maximum Gasteiger partial charge on any atom is 0.371 e. The highest BCUT2D eigenvalue weighted by Gasteiger charge is 2.23. The van der Waals surface area contributed by atoms with Gasteiger partial charge in [0, 0.05) is 18.2 Å². The smallest absolute Gasteiger partial charge is 0.371 e. The molecule has 0 unspecified atom stereocenters. The zero-order chi connectivity index (χ0) is 16.9. The van der Waals surface area contributed by atoms with Crippen LogP contribution in [-0.4, -0.2) is 22.0 Å². The Balaban J connectivity index is 1.78. The van der Waals surface area contributed by atoms with Crippen LogP contribution >= 0.6 is 0 Å². The van der Waals surface area contributed by atoms with Crippen molar-refractivity contribution in [2.45, 2.75) is 51.2 Å². The maximum atomic E-state index is 14.0. The molecule has 0 spiro atoms. The number of aromatic carboxylic acids is 1. The van der Waals surface area contributed by atoms with Gasteiger partial charge in [0.25, 0.3) is 0 Å². The lowest BCUT2D eigenvalue weighted by atomic mass is 9.93. The van der Waals surface area contributed by atoms with E-state index in [2.05, 4.69) is 4.90 Å². The Morgan fingerprint density at radius 1 is 1.12 bits per heavy atom. The number of benzene rings is 1. The average molecular weight is 331 g/mol. The van der Waals surface area contributed by atoms with Crippen LogP contribution in [0, 0.1) is 5.82 Å². The van der Waals surface area contributed by atoms with Crippen LogP contribution in [0.3, 0.4) is 0 Å². The molecule has 0 saturated heterocycles. The molecule has 1 fully saturated rings. The van der Waals surface area contributed by atoms with Crippen molar-refractivity contribution >= 4 is 5.97 Å². The van der Waals surface area contributed by atoms with Crippen LogP contribution in [0.1, 0.15) is 54.0 Å². The van der Waals surface area contributed by atoms with E-state index in [1.54, 1.807) is 18.2 Å². The summed E-state index contributed by atoms with van der Waals surface area (Å²) in [4.78, 5) is 13.2. The van der Waals surface area contributed by atoms with E-state index >= 15 is 0 Å². The first-order valence-corrected chi connectivity index (χ1v) is 8.43. The van der Waals surface area contributed by atoms with Crippen LogP contribution < -0.4 is 0 Å². The van der Waals surface area contributed by atoms with E-state index in [1.807, 2.05) is 6.07 Å². The molecule has 2 aromatic rings. The third-order valence-electron chi connectivity index (χ3n) is 4.65. The normalized spacial score (nSPS) is 15.8. The third kappa shape index (κ3) is 4.03. The number of nitrogens with zero attached hydrogens (tertiary/aromatic N) is 1. The second kappa shape index (κ2) is 7.62. The van der Waals surface area contributed by atoms with Gasteiger partial charge in [0.05, 0.1) is 6.54 Å². The lowest BCUT2D eigenvalue weighted by Crippen LogP contribution is -2.36. The van der Waals surface area contributed by atoms with Crippen LogP contribution in [0.15, 0.2) is 40.8 Å². The number of hydrogen-bond acceptors (Lipinski definition) is 3. The summed E-state index contributed by atoms with van der Waals surface area (Å²) >= 11 is 0. The van der Waals surface area contributed by atoms with Crippen LogP contribution in [0.4, 0.5) is 4.39 Å². The van der Waals surface area contributed by atoms with E-state index in [4.69, 9.17) is 9.52 Å². The molecule has 0 amide bonds. The van der Waals surface area contributed by atoms with Gasteiger partial charge in [-0.1, -0.05) is 37.5 Å². The molecule has 128 valence electrons. The summed E-state index contributed by atoms with van der Waals surface area (Å²) in [5, 5.41) is 9.00. The Bertz CT molecular complexity index is 691. The molecule has 1 aliphatic carbocycles. The lowest BCUT2D eigenvalue weighted by molar-refractivity contribution is 0.0655. The van der Waals surface area contributed by atoms with Crippen LogP contribution in [-0.2, 0) is 13.1 Å². The van der Waals surface area contributed by atoms with Crippen molar-refractivity contribution in [1.82, 2.24) is 4.90 Å². The summed E-state index contributed by atoms with van der Waals surface area (Å²) < 4.78 is 19.4. The Hall–Kier alpha value is -2.14. The molecule has 1 aromatic heterocycles. The molecule has 1 saturated carbocycles. The number of hydrogen-bond donors (Lipinski definition) is 1. The molecule has 0 bridgehead atoms. The number of carbonyl (C=O) groups is 1. The van der Waals surface area contributed by atoms with Crippen molar-refractivity contribution in [3.63, 3.8) is 0 Å². The molecule has 1 heterocycles. The second-order valence-corrected chi connectivity index (χ2v) is 6.36. The molecular formula is C19H22FNO3. The summed E-state index contributed by atoms with van der Waals surface area (Å²) in [6.07, 6.45) is 5.77. The van der Waals surface area contributed by atoms with Gasteiger partial charge in [-0.25, -0.2) is 9.18 Å². The van der Waals surface area contributed by atoms with Crippen LogP contribution in [0.2, 0.25) is 0 Å². The fourth-order valence-electron chi connectivity index (χ4n) is 3.38. The molecule has 1 aliphatic rings. The van der Waals surface area contributed by atoms with Crippen molar-refractivity contribution < 1.29 is 18.7 Å². The number of rotatable bonds is 6. The van der Waals surface area contributed by atoms with E-state index < -0.39 is 5.97 Å². The van der Waals surface area contributed by atoms with Crippen molar-refractivity contribution in [2.24, 2.45) is 0 Å². The second-order valence-electron chi connectivity index (χ2n) is 6.36. The Labute approximate surface area is 140 Å². The van der Waals surface area contributed by atoms with E-state index in [9.17, 15) is 9.18 Å². The highest BCUT2D eigenvalue weighted by atomic mass is 19.1. The average Bonchev–Trinajstić information content (AvgIpc) is 3.06. The monoisotopic (exact) mass is 331 g/mol. The molecule has 0 aliphatic heterocycles. The summed E-state index contributed by atoms with van der Waals surface area (Å²) in [5.74, 6) is -0.725. The molecule has 5 heteroatoms. The number of furan rings is 1. The number of halogens is 1. The Morgan fingerprint density at radius 2 is 1.88 bits per heavy atom. The van der Waals surface area contributed by atoms with Crippen molar-refractivity contribution in [2.75, 3.05) is 0 Å². The molecule has 24 heavy (non-hydrogen) atoms. The van der Waals surface area contributed by atoms with Crippen LogP contribution in [0.25, 0.3) is 0 Å². The van der Waals surface area contributed by atoms with E-state index in [0.29, 0.717) is 30.5 Å². The van der Waals surface area contributed by atoms with E-state index in [-0.39, 0.29) is 11.6 Å². The van der Waals surface area contributed by atoms with Gasteiger partial charge in [0.1, 0.15) is 11.6 Å². The highest BCUT2D eigenvalue weighted by Crippen LogP contribution is 2.26. The molecule has 4 nitrogen and oxygen atoms in total. The quantitative estimate of drug-likeness (QED) is 0.849. The van der Waals surface area contributed by atoms with Gasteiger partial charge in [-0.2, -0.15) is 0 Å². The molecule has 0 atom stereocenters. The van der Waals surface area contributed by atoms with Crippen LogP contribution in [0.5, 0.6) is 0 Å². The SMILES string of the molecule is O=C(O)c1ccc(CN(Cc2ccccc2F)C2CCCCC2)o1. The molecule has 3 rings (SSSR count). The van der Waals surface area contributed by atoms with Gasteiger partial charge < -0.3 is 9.52 Å². The Kier molecular flexibility index (Phi) is 5.30. The maximum absolute atomic E-state index is 14.0. The first-order valence-electron chi connectivity index (χ1n) is 8.43. The molecule has 0 radical (unpaired) electrons. The summed E-state index contributed by atoms with van der Waals surface area (Å²) in [6.45, 7) is 0.993. The van der Waals surface area contributed by atoms with Crippen molar-refractivity contribution in [3.8, 4) is 0 Å². The van der Waals surface area contributed by atoms with Gasteiger partial charge in [-0.05, 0) is 31.0 Å². The first-order chi connectivity index (χ1) is 11.6. The largest absolute Gasteiger partial charge is 0.475 e. The first kappa shape index (κ1) is 16.7.